The molecule has 1 aliphatic heterocycles. The first-order valence-electron chi connectivity index (χ1n) is 4.33. The van der Waals surface area contributed by atoms with Crippen LogP contribution in [0.5, 0.6) is 0 Å². The van der Waals surface area contributed by atoms with E-state index in [4.69, 9.17) is 10.2 Å². The molecule has 1 rings (SSSR count). The topological polar surface area (TPSA) is 81.1 Å². The quantitative estimate of drug-likeness (QED) is 0.607. The minimum Gasteiger partial charge on any atom is -0.465 e. The Kier molecular flexibility index (Phi) is 2.55. The molecule has 6 heteroatoms. The van der Waals surface area contributed by atoms with Crippen LogP contribution >= 0.6 is 0 Å². The van der Waals surface area contributed by atoms with Gasteiger partial charge in [-0.2, -0.15) is 0 Å². The number of carboxylic acid groups (broad SMARTS) is 2. The van der Waals surface area contributed by atoms with Crippen LogP contribution in [-0.2, 0) is 0 Å². The van der Waals surface area contributed by atoms with Crippen molar-refractivity contribution in [3.63, 3.8) is 0 Å². The lowest BCUT2D eigenvalue weighted by Gasteiger charge is -2.44. The van der Waals surface area contributed by atoms with E-state index in [1.807, 2.05) is 0 Å². The summed E-state index contributed by atoms with van der Waals surface area (Å²) in [6, 6.07) is 0. The number of carbonyl (C=O) groups is 2. The molecular weight excluding hydrogens is 188 g/mol. The number of nitrogens with zero attached hydrogens (tertiary/aromatic N) is 2. The lowest BCUT2D eigenvalue weighted by atomic mass is 10.00. The van der Waals surface area contributed by atoms with Gasteiger partial charge in [0, 0.05) is 19.6 Å². The minimum absolute atomic E-state index is 0.217. The van der Waals surface area contributed by atoms with Crippen LogP contribution in [0.4, 0.5) is 9.59 Å². The molecule has 0 bridgehead atoms. The van der Waals surface area contributed by atoms with Gasteiger partial charge < -0.3 is 15.1 Å². The minimum atomic E-state index is -1.000. The van der Waals surface area contributed by atoms with Gasteiger partial charge in [-0.1, -0.05) is 0 Å². The molecule has 2 N–H and O–H groups in total. The number of piperazine rings is 1. The van der Waals surface area contributed by atoms with E-state index >= 15 is 0 Å². The SMILES string of the molecule is CC1(C)CN(C(=O)O)CCN1C(=O)O. The maximum absolute atomic E-state index is 10.8. The van der Waals surface area contributed by atoms with Gasteiger partial charge in [0.1, 0.15) is 0 Å². The second kappa shape index (κ2) is 3.36. The van der Waals surface area contributed by atoms with Crippen LogP contribution in [0.3, 0.4) is 0 Å². The monoisotopic (exact) mass is 202 g/mol. The molecule has 1 heterocycles. The predicted octanol–water partition coefficient (Wildman–Crippen LogP) is 0.739. The van der Waals surface area contributed by atoms with Crippen molar-refractivity contribution in [2.24, 2.45) is 0 Å². The van der Waals surface area contributed by atoms with Crippen molar-refractivity contribution in [3.05, 3.63) is 0 Å². The molecule has 0 spiro atoms. The first-order valence-corrected chi connectivity index (χ1v) is 4.33. The molecule has 0 radical (unpaired) electrons. The Morgan fingerprint density at radius 2 is 1.71 bits per heavy atom. The Balaban J connectivity index is 2.75. The molecule has 80 valence electrons. The second-order valence-corrected chi connectivity index (χ2v) is 3.95. The molecule has 0 saturated carbocycles. The molecule has 1 saturated heterocycles. The molecular formula is C8H14N2O4. The highest BCUT2D eigenvalue weighted by Gasteiger charge is 2.38. The highest BCUT2D eigenvalue weighted by molar-refractivity contribution is 5.68. The van der Waals surface area contributed by atoms with Gasteiger partial charge in [-0.15, -0.1) is 0 Å². The zero-order chi connectivity index (χ0) is 10.9. The van der Waals surface area contributed by atoms with Crippen molar-refractivity contribution < 1.29 is 19.8 Å². The lowest BCUT2D eigenvalue weighted by Crippen LogP contribution is -2.61. The average Bonchev–Trinajstić information content (AvgIpc) is 2.01. The van der Waals surface area contributed by atoms with E-state index in [9.17, 15) is 9.59 Å². The first kappa shape index (κ1) is 10.6. The van der Waals surface area contributed by atoms with Gasteiger partial charge in [-0.3, -0.25) is 4.90 Å². The zero-order valence-electron chi connectivity index (χ0n) is 8.23. The predicted molar refractivity (Wildman–Crippen MR) is 48.4 cm³/mol. The van der Waals surface area contributed by atoms with Crippen LogP contribution in [-0.4, -0.2) is 57.4 Å². The molecule has 6 nitrogen and oxygen atoms in total. The van der Waals surface area contributed by atoms with Crippen molar-refractivity contribution in [3.8, 4) is 0 Å². The van der Waals surface area contributed by atoms with E-state index in [1.54, 1.807) is 13.8 Å². The second-order valence-electron chi connectivity index (χ2n) is 3.95. The van der Waals surface area contributed by atoms with Gasteiger partial charge >= 0.3 is 12.2 Å². The third-order valence-electron chi connectivity index (χ3n) is 2.40. The summed E-state index contributed by atoms with van der Waals surface area (Å²) in [6.45, 7) is 4.13. The molecule has 0 atom stereocenters. The van der Waals surface area contributed by atoms with E-state index in [1.165, 1.54) is 9.80 Å². The normalized spacial score (nSPS) is 20.7. The van der Waals surface area contributed by atoms with Crippen LogP contribution in [0.1, 0.15) is 13.8 Å². The molecule has 14 heavy (non-hydrogen) atoms. The fourth-order valence-corrected chi connectivity index (χ4v) is 1.67. The summed E-state index contributed by atoms with van der Waals surface area (Å²) < 4.78 is 0. The highest BCUT2D eigenvalue weighted by atomic mass is 16.4. The summed E-state index contributed by atoms with van der Waals surface area (Å²) in [5, 5.41) is 17.6. The van der Waals surface area contributed by atoms with Crippen molar-refractivity contribution in [2.45, 2.75) is 19.4 Å². The molecule has 0 aromatic rings. The Labute approximate surface area is 81.7 Å². The van der Waals surface area contributed by atoms with Gasteiger partial charge in [0.2, 0.25) is 0 Å². The molecule has 0 aromatic carbocycles. The van der Waals surface area contributed by atoms with Crippen molar-refractivity contribution in [1.82, 2.24) is 9.80 Å². The molecule has 0 aromatic heterocycles. The lowest BCUT2D eigenvalue weighted by molar-refractivity contribution is 0.0279. The Bertz CT molecular complexity index is 264. The number of hydrogen-bond donors (Lipinski definition) is 2. The summed E-state index contributed by atoms with van der Waals surface area (Å²) in [5.74, 6) is 0. The van der Waals surface area contributed by atoms with Crippen LogP contribution in [0.2, 0.25) is 0 Å². The maximum Gasteiger partial charge on any atom is 0.407 e. The van der Waals surface area contributed by atoms with E-state index < -0.39 is 17.7 Å². The van der Waals surface area contributed by atoms with E-state index in [-0.39, 0.29) is 19.6 Å². The number of hydrogen-bond acceptors (Lipinski definition) is 2. The average molecular weight is 202 g/mol. The summed E-state index contributed by atoms with van der Waals surface area (Å²) in [6.07, 6.45) is -2.00. The standard InChI is InChI=1S/C8H14N2O4/c1-8(2)5-9(6(11)12)3-4-10(8)7(13)14/h3-5H2,1-2H3,(H,11,12)(H,13,14). The van der Waals surface area contributed by atoms with E-state index in [0.29, 0.717) is 0 Å². The van der Waals surface area contributed by atoms with Crippen LogP contribution in [0, 0.1) is 0 Å². The molecule has 1 aliphatic rings. The number of rotatable bonds is 0. The van der Waals surface area contributed by atoms with E-state index in [2.05, 4.69) is 0 Å². The summed E-state index contributed by atoms with van der Waals surface area (Å²) in [7, 11) is 0. The Hall–Kier alpha value is -1.46. The van der Waals surface area contributed by atoms with E-state index in [0.717, 1.165) is 0 Å². The number of amides is 2. The van der Waals surface area contributed by atoms with Gasteiger partial charge in [0.05, 0.1) is 5.54 Å². The van der Waals surface area contributed by atoms with Gasteiger partial charge in [-0.05, 0) is 13.8 Å². The van der Waals surface area contributed by atoms with Gasteiger partial charge in [0.15, 0.2) is 0 Å². The fraction of sp³-hybridized carbons (Fsp3) is 0.750. The Morgan fingerprint density at radius 3 is 2.07 bits per heavy atom. The zero-order valence-corrected chi connectivity index (χ0v) is 8.23. The third-order valence-corrected chi connectivity index (χ3v) is 2.40. The highest BCUT2D eigenvalue weighted by Crippen LogP contribution is 2.20. The van der Waals surface area contributed by atoms with Crippen molar-refractivity contribution in [1.29, 1.82) is 0 Å². The summed E-state index contributed by atoms with van der Waals surface area (Å²) in [5.41, 5.74) is -0.650. The van der Waals surface area contributed by atoms with Crippen LogP contribution in [0.15, 0.2) is 0 Å². The summed E-state index contributed by atoms with van der Waals surface area (Å²) >= 11 is 0. The Morgan fingerprint density at radius 1 is 1.14 bits per heavy atom. The van der Waals surface area contributed by atoms with Gasteiger partial charge in [0.25, 0.3) is 0 Å². The molecule has 0 unspecified atom stereocenters. The smallest absolute Gasteiger partial charge is 0.407 e. The van der Waals surface area contributed by atoms with Gasteiger partial charge in [-0.25, -0.2) is 9.59 Å². The first-order chi connectivity index (χ1) is 6.34. The van der Waals surface area contributed by atoms with Crippen LogP contribution in [0.25, 0.3) is 0 Å². The molecule has 2 amide bonds. The molecule has 1 fully saturated rings. The molecule has 0 aliphatic carbocycles. The fourth-order valence-electron chi connectivity index (χ4n) is 1.67. The third kappa shape index (κ3) is 1.89. The van der Waals surface area contributed by atoms with Crippen LogP contribution < -0.4 is 0 Å². The largest absolute Gasteiger partial charge is 0.465 e. The van der Waals surface area contributed by atoms with Crippen molar-refractivity contribution in [2.75, 3.05) is 19.6 Å². The van der Waals surface area contributed by atoms with Crippen molar-refractivity contribution >= 4 is 12.2 Å². The maximum atomic E-state index is 10.8. The summed E-state index contributed by atoms with van der Waals surface area (Å²) in [4.78, 5) is 24.0.